The molecule has 0 atom stereocenters. The molecule has 0 amide bonds. The summed E-state index contributed by atoms with van der Waals surface area (Å²) in [6, 6.07) is 5.26. The number of benzene rings is 1. The maximum absolute atomic E-state index is 11.9. The van der Waals surface area contributed by atoms with Gasteiger partial charge < -0.3 is 0 Å². The van der Waals surface area contributed by atoms with Crippen LogP contribution < -0.4 is 5.48 Å². The molecule has 1 aromatic carbocycles. The highest BCUT2D eigenvalue weighted by atomic mass is 19.3. The zero-order valence-corrected chi connectivity index (χ0v) is 5.59. The Bertz CT molecular complexity index is 222. The topological polar surface area (TPSA) is 32.3 Å². The van der Waals surface area contributed by atoms with Crippen molar-refractivity contribution >= 4 is 5.69 Å². The van der Waals surface area contributed by atoms with Crippen LogP contribution in [-0.2, 0) is 0 Å². The van der Waals surface area contributed by atoms with E-state index in [1.807, 2.05) is 5.48 Å². The van der Waals surface area contributed by atoms with Crippen LogP contribution >= 0.6 is 0 Å². The number of hydrogen-bond acceptors (Lipinski definition) is 2. The van der Waals surface area contributed by atoms with E-state index < -0.39 is 6.43 Å². The van der Waals surface area contributed by atoms with Crippen LogP contribution in [0, 0.1) is 0 Å². The van der Waals surface area contributed by atoms with Crippen LogP contribution in [0.4, 0.5) is 14.5 Å². The zero-order chi connectivity index (χ0) is 8.27. The molecule has 0 saturated heterocycles. The predicted octanol–water partition coefficient (Wildman–Crippen LogP) is 2.43. The standard InChI is InChI=1S/C7H7F2NO/c8-7(9)5-1-3-6(10-11)4-2-5/h1-4,7,10-11H. The Morgan fingerprint density at radius 1 is 1.18 bits per heavy atom. The van der Waals surface area contributed by atoms with Gasteiger partial charge in [-0.1, -0.05) is 12.1 Å². The summed E-state index contributed by atoms with van der Waals surface area (Å²) in [6.45, 7) is 0. The van der Waals surface area contributed by atoms with Crippen LogP contribution in [0.3, 0.4) is 0 Å². The molecule has 0 radical (unpaired) electrons. The van der Waals surface area contributed by atoms with Crippen LogP contribution in [0.15, 0.2) is 24.3 Å². The second kappa shape index (κ2) is 3.30. The quantitative estimate of drug-likeness (QED) is 0.649. The first-order chi connectivity index (χ1) is 5.24. The molecule has 0 fully saturated rings. The maximum Gasteiger partial charge on any atom is 0.263 e. The van der Waals surface area contributed by atoms with Gasteiger partial charge in [-0.15, -0.1) is 0 Å². The van der Waals surface area contributed by atoms with Crippen molar-refractivity contribution < 1.29 is 14.0 Å². The Kier molecular flexibility index (Phi) is 2.38. The normalized spacial score (nSPS) is 10.2. The molecule has 0 saturated carbocycles. The first kappa shape index (κ1) is 7.94. The van der Waals surface area contributed by atoms with Gasteiger partial charge in [-0.2, -0.15) is 0 Å². The van der Waals surface area contributed by atoms with Crippen molar-refractivity contribution in [2.24, 2.45) is 0 Å². The number of alkyl halides is 2. The lowest BCUT2D eigenvalue weighted by atomic mass is 10.2. The van der Waals surface area contributed by atoms with E-state index in [1.165, 1.54) is 24.3 Å². The summed E-state index contributed by atoms with van der Waals surface area (Å²) in [7, 11) is 0. The average molecular weight is 159 g/mol. The summed E-state index contributed by atoms with van der Waals surface area (Å²) in [5, 5.41) is 8.33. The van der Waals surface area contributed by atoms with Crippen LogP contribution in [0.1, 0.15) is 12.0 Å². The van der Waals surface area contributed by atoms with Crippen molar-refractivity contribution in [3.8, 4) is 0 Å². The zero-order valence-electron chi connectivity index (χ0n) is 5.59. The van der Waals surface area contributed by atoms with Gasteiger partial charge in [0.25, 0.3) is 6.43 Å². The number of anilines is 1. The average Bonchev–Trinajstić information content (AvgIpc) is 2.05. The molecule has 0 heterocycles. The van der Waals surface area contributed by atoms with E-state index in [4.69, 9.17) is 5.21 Å². The number of halogens is 2. The molecule has 11 heavy (non-hydrogen) atoms. The molecule has 1 aromatic rings. The second-order valence-corrected chi connectivity index (χ2v) is 2.03. The first-order valence-corrected chi connectivity index (χ1v) is 3.02. The highest BCUT2D eigenvalue weighted by molar-refractivity contribution is 5.42. The molecule has 60 valence electrons. The minimum absolute atomic E-state index is 0.0519. The van der Waals surface area contributed by atoms with E-state index in [0.29, 0.717) is 5.69 Å². The van der Waals surface area contributed by atoms with E-state index in [0.717, 1.165) is 0 Å². The molecule has 2 nitrogen and oxygen atoms in total. The first-order valence-electron chi connectivity index (χ1n) is 3.02. The highest BCUT2D eigenvalue weighted by Gasteiger charge is 2.04. The van der Waals surface area contributed by atoms with Gasteiger partial charge in [-0.3, -0.25) is 10.7 Å². The van der Waals surface area contributed by atoms with E-state index in [2.05, 4.69) is 0 Å². The monoisotopic (exact) mass is 159 g/mol. The van der Waals surface area contributed by atoms with Gasteiger partial charge in [-0.05, 0) is 12.1 Å². The summed E-state index contributed by atoms with van der Waals surface area (Å²) in [6.07, 6.45) is -2.46. The van der Waals surface area contributed by atoms with Crippen LogP contribution in [0.5, 0.6) is 0 Å². The Morgan fingerprint density at radius 2 is 1.73 bits per heavy atom. The lowest BCUT2D eigenvalue weighted by molar-refractivity contribution is 0.151. The van der Waals surface area contributed by atoms with Crippen molar-refractivity contribution in [3.63, 3.8) is 0 Å². The van der Waals surface area contributed by atoms with Gasteiger partial charge in [0.2, 0.25) is 0 Å². The molecule has 0 aromatic heterocycles. The van der Waals surface area contributed by atoms with Crippen LogP contribution in [-0.4, -0.2) is 5.21 Å². The Hall–Kier alpha value is -1.16. The highest BCUT2D eigenvalue weighted by Crippen LogP contribution is 2.19. The lowest BCUT2D eigenvalue weighted by Crippen LogP contribution is -1.89. The third-order valence-electron chi connectivity index (χ3n) is 1.29. The van der Waals surface area contributed by atoms with Crippen molar-refractivity contribution in [3.05, 3.63) is 29.8 Å². The smallest absolute Gasteiger partial charge is 0.263 e. The number of hydrogen-bond donors (Lipinski definition) is 2. The van der Waals surface area contributed by atoms with E-state index >= 15 is 0 Å². The van der Waals surface area contributed by atoms with E-state index in [1.54, 1.807) is 0 Å². The van der Waals surface area contributed by atoms with Crippen molar-refractivity contribution in [2.45, 2.75) is 6.43 Å². The molecule has 0 aliphatic carbocycles. The van der Waals surface area contributed by atoms with E-state index in [-0.39, 0.29) is 5.56 Å². The fourth-order valence-corrected chi connectivity index (χ4v) is 0.703. The summed E-state index contributed by atoms with van der Waals surface area (Å²) >= 11 is 0. The molecule has 0 aliphatic rings. The number of nitrogens with one attached hydrogen (secondary N) is 1. The summed E-state index contributed by atoms with van der Waals surface area (Å²) in [5.41, 5.74) is 2.19. The SMILES string of the molecule is ONc1ccc(C(F)F)cc1. The largest absolute Gasteiger partial charge is 0.291 e. The van der Waals surface area contributed by atoms with Gasteiger partial charge >= 0.3 is 0 Å². The van der Waals surface area contributed by atoms with Gasteiger partial charge in [0.05, 0.1) is 5.69 Å². The molecule has 2 N–H and O–H groups in total. The molecule has 0 aliphatic heterocycles. The third kappa shape index (κ3) is 1.88. The molecule has 4 heteroatoms. The molecule has 1 rings (SSSR count). The molecular weight excluding hydrogens is 152 g/mol. The van der Waals surface area contributed by atoms with Crippen molar-refractivity contribution in [1.29, 1.82) is 0 Å². The third-order valence-corrected chi connectivity index (χ3v) is 1.29. The summed E-state index contributed by atoms with van der Waals surface area (Å²) in [5.74, 6) is 0. The van der Waals surface area contributed by atoms with Crippen molar-refractivity contribution in [2.75, 3.05) is 5.48 Å². The van der Waals surface area contributed by atoms with Gasteiger partial charge in [0.1, 0.15) is 0 Å². The van der Waals surface area contributed by atoms with E-state index in [9.17, 15) is 8.78 Å². The van der Waals surface area contributed by atoms with Crippen LogP contribution in [0.25, 0.3) is 0 Å². The molecule has 0 unspecified atom stereocenters. The lowest BCUT2D eigenvalue weighted by Gasteiger charge is -2.00. The fraction of sp³-hybridized carbons (Fsp3) is 0.143. The molecule has 0 bridgehead atoms. The minimum atomic E-state index is -2.46. The minimum Gasteiger partial charge on any atom is -0.291 e. The Morgan fingerprint density at radius 3 is 2.09 bits per heavy atom. The molecule has 0 spiro atoms. The van der Waals surface area contributed by atoms with Gasteiger partial charge in [0, 0.05) is 5.56 Å². The maximum atomic E-state index is 11.9. The van der Waals surface area contributed by atoms with Gasteiger partial charge in [-0.25, -0.2) is 8.78 Å². The summed E-state index contributed by atoms with van der Waals surface area (Å²) in [4.78, 5) is 0. The fourth-order valence-electron chi connectivity index (χ4n) is 0.703. The van der Waals surface area contributed by atoms with Crippen LogP contribution in [0.2, 0.25) is 0 Å². The Labute approximate surface area is 62.4 Å². The van der Waals surface area contributed by atoms with Gasteiger partial charge in [0.15, 0.2) is 0 Å². The summed E-state index contributed by atoms with van der Waals surface area (Å²) < 4.78 is 23.8. The number of rotatable bonds is 2. The predicted molar refractivity (Wildman–Crippen MR) is 36.8 cm³/mol. The molecular formula is C7H7F2NO. The second-order valence-electron chi connectivity index (χ2n) is 2.03. The Balaban J connectivity index is 2.83. The van der Waals surface area contributed by atoms with Crippen molar-refractivity contribution in [1.82, 2.24) is 0 Å².